The number of likely N-dealkylation sites (tertiary alicyclic amines) is 1. The molecular formula is C30H38FN5O5. The van der Waals surface area contributed by atoms with Crippen LogP contribution in [-0.4, -0.2) is 62.1 Å². The number of halogens is 1. The monoisotopic (exact) mass is 567 g/mol. The third-order valence-electron chi connectivity index (χ3n) is 6.65. The van der Waals surface area contributed by atoms with Crippen LogP contribution in [0.4, 0.5) is 25.4 Å². The van der Waals surface area contributed by atoms with Gasteiger partial charge in [0, 0.05) is 18.5 Å². The van der Waals surface area contributed by atoms with Crippen molar-refractivity contribution in [2.45, 2.75) is 90.4 Å². The third kappa shape index (κ3) is 6.89. The number of hydrogen-bond acceptors (Lipinski definition) is 7. The van der Waals surface area contributed by atoms with E-state index in [0.717, 1.165) is 25.0 Å². The highest BCUT2D eigenvalue weighted by molar-refractivity contribution is 6.00. The van der Waals surface area contributed by atoms with Gasteiger partial charge < -0.3 is 19.1 Å². The van der Waals surface area contributed by atoms with Gasteiger partial charge >= 0.3 is 12.2 Å². The van der Waals surface area contributed by atoms with Crippen LogP contribution in [0, 0.1) is 5.82 Å². The Balaban J connectivity index is 1.54. The first-order chi connectivity index (χ1) is 19.3. The summed E-state index contributed by atoms with van der Waals surface area (Å²) in [5, 5.41) is 4.75. The van der Waals surface area contributed by atoms with Gasteiger partial charge in [-0.05, 0) is 85.4 Å². The molecule has 1 saturated heterocycles. The number of anilines is 2. The molecule has 1 atom stereocenters. The van der Waals surface area contributed by atoms with Gasteiger partial charge in [-0.2, -0.15) is 0 Å². The molecule has 1 aromatic carbocycles. The Morgan fingerprint density at radius 2 is 1.76 bits per heavy atom. The molecule has 1 aliphatic carbocycles. The molecule has 1 saturated carbocycles. The number of hydrogen-bond donors (Lipinski definition) is 0. The molecule has 220 valence electrons. The maximum Gasteiger partial charge on any atom is 0.419 e. The second-order valence-electron chi connectivity index (χ2n) is 12.7. The van der Waals surface area contributed by atoms with Gasteiger partial charge in [0.2, 0.25) is 5.88 Å². The maximum absolute atomic E-state index is 14.4. The molecule has 10 nitrogen and oxygen atoms in total. The zero-order valence-electron chi connectivity index (χ0n) is 24.5. The Morgan fingerprint density at radius 1 is 1.02 bits per heavy atom. The lowest BCUT2D eigenvalue weighted by Crippen LogP contribution is -2.46. The van der Waals surface area contributed by atoms with Gasteiger partial charge in [0.05, 0.1) is 24.1 Å². The minimum Gasteiger partial charge on any atom is -0.471 e. The van der Waals surface area contributed by atoms with Crippen molar-refractivity contribution in [1.82, 2.24) is 19.5 Å². The fraction of sp³-hybridized carbons (Fsp3) is 0.533. The standard InChI is InChI=1S/C30H38FN5O5/c1-29(2,3)40-27(37)34-14-8-11-22(18-34)39-25-16-23(26-32-17-24(19-12-13-19)36(26)33-25)35(28(38)41-30(4,5)6)21-10-7-9-20(31)15-21/h7,9-10,15-17,19,22H,8,11-14,18H2,1-6H3/t22-/m0/s1. The van der Waals surface area contributed by atoms with Gasteiger partial charge in [-0.3, -0.25) is 0 Å². The first kappa shape index (κ1) is 28.6. The van der Waals surface area contributed by atoms with E-state index >= 15 is 0 Å². The number of fused-ring (bicyclic) bond motifs is 1. The number of carbonyl (C=O) groups excluding carboxylic acids is 2. The average Bonchev–Trinajstić information content (AvgIpc) is 3.61. The normalized spacial score (nSPS) is 17.8. The molecule has 2 amide bonds. The van der Waals surface area contributed by atoms with Crippen molar-refractivity contribution in [2.24, 2.45) is 0 Å². The number of benzene rings is 1. The van der Waals surface area contributed by atoms with Crippen LogP contribution >= 0.6 is 0 Å². The SMILES string of the molecule is CC(C)(C)OC(=O)N1CCC[C@H](Oc2cc(N(C(=O)OC(C)(C)C)c3cccc(F)c3)c3ncc(C4CC4)n3n2)C1. The summed E-state index contributed by atoms with van der Waals surface area (Å²) in [7, 11) is 0. The maximum atomic E-state index is 14.4. The summed E-state index contributed by atoms with van der Waals surface area (Å²) >= 11 is 0. The smallest absolute Gasteiger partial charge is 0.419 e. The Bertz CT molecular complexity index is 1440. The largest absolute Gasteiger partial charge is 0.471 e. The summed E-state index contributed by atoms with van der Waals surface area (Å²) in [5.74, 6) is 0.0690. The molecule has 2 aliphatic rings. The number of aromatic nitrogens is 3. The van der Waals surface area contributed by atoms with Crippen LogP contribution in [0.2, 0.25) is 0 Å². The second kappa shape index (κ2) is 10.8. The van der Waals surface area contributed by atoms with Crippen LogP contribution in [-0.2, 0) is 9.47 Å². The van der Waals surface area contributed by atoms with E-state index in [0.29, 0.717) is 36.8 Å². The van der Waals surface area contributed by atoms with Gasteiger partial charge in [-0.15, -0.1) is 5.10 Å². The molecule has 3 heterocycles. The van der Waals surface area contributed by atoms with Crippen LogP contribution in [0.15, 0.2) is 36.5 Å². The quantitative estimate of drug-likeness (QED) is 0.343. The molecule has 41 heavy (non-hydrogen) atoms. The molecular weight excluding hydrogens is 529 g/mol. The summed E-state index contributed by atoms with van der Waals surface area (Å²) < 4.78 is 33.8. The number of nitrogens with zero attached hydrogens (tertiary/aromatic N) is 5. The fourth-order valence-corrected chi connectivity index (χ4v) is 4.79. The van der Waals surface area contributed by atoms with E-state index in [9.17, 15) is 14.0 Å². The molecule has 2 fully saturated rings. The summed E-state index contributed by atoms with van der Waals surface area (Å²) in [6.45, 7) is 11.7. The van der Waals surface area contributed by atoms with Crippen molar-refractivity contribution >= 4 is 29.2 Å². The number of carbonyl (C=O) groups is 2. The van der Waals surface area contributed by atoms with Gasteiger partial charge in [-0.1, -0.05) is 6.07 Å². The molecule has 0 spiro atoms. The van der Waals surface area contributed by atoms with E-state index < -0.39 is 23.1 Å². The third-order valence-corrected chi connectivity index (χ3v) is 6.65. The first-order valence-electron chi connectivity index (χ1n) is 14.1. The van der Waals surface area contributed by atoms with E-state index in [1.807, 2.05) is 20.8 Å². The van der Waals surface area contributed by atoms with Crippen LogP contribution in [0.3, 0.4) is 0 Å². The topological polar surface area (TPSA) is 98.5 Å². The van der Waals surface area contributed by atoms with E-state index in [-0.39, 0.29) is 23.8 Å². The highest BCUT2D eigenvalue weighted by Crippen LogP contribution is 2.42. The van der Waals surface area contributed by atoms with Gasteiger partial charge in [0.25, 0.3) is 0 Å². The van der Waals surface area contributed by atoms with E-state index in [1.54, 1.807) is 48.5 Å². The zero-order chi connectivity index (χ0) is 29.5. The lowest BCUT2D eigenvalue weighted by molar-refractivity contribution is 0.00706. The Hall–Kier alpha value is -3.89. The number of amides is 2. The highest BCUT2D eigenvalue weighted by atomic mass is 19.1. The Labute approximate surface area is 239 Å². The molecule has 0 radical (unpaired) electrons. The molecule has 0 unspecified atom stereocenters. The summed E-state index contributed by atoms with van der Waals surface area (Å²) in [4.78, 5) is 33.9. The Kier molecular flexibility index (Phi) is 7.56. The molecule has 1 aliphatic heterocycles. The molecule has 0 N–H and O–H groups in total. The summed E-state index contributed by atoms with van der Waals surface area (Å²) in [6, 6.07) is 7.38. The predicted octanol–water partition coefficient (Wildman–Crippen LogP) is 6.60. The summed E-state index contributed by atoms with van der Waals surface area (Å²) in [5.41, 5.74) is 0.564. The first-order valence-corrected chi connectivity index (χ1v) is 14.1. The molecule has 11 heteroatoms. The second-order valence-corrected chi connectivity index (χ2v) is 12.7. The number of rotatable bonds is 5. The van der Waals surface area contributed by atoms with E-state index in [4.69, 9.17) is 19.3 Å². The average molecular weight is 568 g/mol. The van der Waals surface area contributed by atoms with Crippen molar-refractivity contribution in [3.05, 3.63) is 48.0 Å². The molecule has 5 rings (SSSR count). The van der Waals surface area contributed by atoms with Crippen LogP contribution in [0.25, 0.3) is 5.65 Å². The minimum atomic E-state index is -0.798. The fourth-order valence-electron chi connectivity index (χ4n) is 4.79. The van der Waals surface area contributed by atoms with Crippen LogP contribution < -0.4 is 9.64 Å². The lowest BCUT2D eigenvalue weighted by atomic mass is 10.1. The van der Waals surface area contributed by atoms with Gasteiger partial charge in [-0.25, -0.2) is 28.4 Å². The van der Waals surface area contributed by atoms with Crippen molar-refractivity contribution in [2.75, 3.05) is 18.0 Å². The predicted molar refractivity (Wildman–Crippen MR) is 151 cm³/mol. The summed E-state index contributed by atoms with van der Waals surface area (Å²) in [6.07, 6.45) is 3.84. The van der Waals surface area contributed by atoms with Crippen LogP contribution in [0.5, 0.6) is 5.88 Å². The number of ether oxygens (including phenoxy) is 3. The van der Waals surface area contributed by atoms with Crippen molar-refractivity contribution in [3.63, 3.8) is 0 Å². The molecule has 3 aromatic rings. The van der Waals surface area contributed by atoms with E-state index in [1.165, 1.54) is 23.1 Å². The van der Waals surface area contributed by atoms with E-state index in [2.05, 4.69) is 4.98 Å². The number of imidazole rings is 1. The van der Waals surface area contributed by atoms with Crippen molar-refractivity contribution in [3.8, 4) is 5.88 Å². The highest BCUT2D eigenvalue weighted by Gasteiger charge is 2.33. The number of piperidine rings is 1. The Morgan fingerprint density at radius 3 is 2.41 bits per heavy atom. The minimum absolute atomic E-state index is 0.258. The van der Waals surface area contributed by atoms with Gasteiger partial charge in [0.1, 0.15) is 28.8 Å². The molecule has 2 aromatic heterocycles. The van der Waals surface area contributed by atoms with Crippen molar-refractivity contribution in [1.29, 1.82) is 0 Å². The van der Waals surface area contributed by atoms with Crippen molar-refractivity contribution < 1.29 is 28.2 Å². The van der Waals surface area contributed by atoms with Crippen LogP contribution in [0.1, 0.15) is 78.8 Å². The van der Waals surface area contributed by atoms with Gasteiger partial charge in [0.15, 0.2) is 5.65 Å². The lowest BCUT2D eigenvalue weighted by Gasteiger charge is -2.34. The molecule has 0 bridgehead atoms. The zero-order valence-corrected chi connectivity index (χ0v) is 24.5.